The first-order valence-electron chi connectivity index (χ1n) is 7.32. The van der Waals surface area contributed by atoms with Crippen LogP contribution in [-0.4, -0.2) is 13.0 Å². The van der Waals surface area contributed by atoms with E-state index in [-0.39, 0.29) is 5.91 Å². The second-order valence-electron chi connectivity index (χ2n) is 5.76. The van der Waals surface area contributed by atoms with Crippen molar-refractivity contribution in [3.63, 3.8) is 0 Å². The number of carbonyl (C=O) groups excluding carboxylic acids is 1. The number of anilines is 2. The summed E-state index contributed by atoms with van der Waals surface area (Å²) in [5.41, 5.74) is 5.12. The molecule has 0 fully saturated rings. The summed E-state index contributed by atoms with van der Waals surface area (Å²) in [5, 5.41) is 3.08. The van der Waals surface area contributed by atoms with Crippen LogP contribution in [0.4, 0.5) is 11.4 Å². The predicted molar refractivity (Wildman–Crippen MR) is 87.0 cm³/mol. The minimum Gasteiger partial charge on any atom is -0.388 e. The zero-order valence-corrected chi connectivity index (χ0v) is 12.7. The Morgan fingerprint density at radius 1 is 1.10 bits per heavy atom. The molecule has 0 aliphatic carbocycles. The molecule has 1 aliphatic heterocycles. The van der Waals surface area contributed by atoms with Gasteiger partial charge < -0.3 is 10.2 Å². The van der Waals surface area contributed by atoms with Crippen LogP contribution in [0.25, 0.3) is 0 Å². The highest BCUT2D eigenvalue weighted by molar-refractivity contribution is 6.10. The van der Waals surface area contributed by atoms with Gasteiger partial charge in [0.1, 0.15) is 0 Å². The third kappa shape index (κ3) is 2.40. The van der Waals surface area contributed by atoms with Crippen molar-refractivity contribution in [1.29, 1.82) is 0 Å². The molecule has 0 saturated carbocycles. The van der Waals surface area contributed by atoms with Crippen LogP contribution in [0.1, 0.15) is 41.3 Å². The molecule has 1 amide bonds. The first-order chi connectivity index (χ1) is 10.1. The van der Waals surface area contributed by atoms with Gasteiger partial charge in [0.2, 0.25) is 0 Å². The highest BCUT2D eigenvalue weighted by Crippen LogP contribution is 2.30. The number of rotatable bonds is 3. The van der Waals surface area contributed by atoms with Crippen LogP contribution in [0.15, 0.2) is 42.5 Å². The Labute approximate surface area is 125 Å². The van der Waals surface area contributed by atoms with E-state index in [0.29, 0.717) is 12.5 Å². The molecule has 0 spiro atoms. The number of nitrogens with one attached hydrogen (secondary N) is 1. The van der Waals surface area contributed by atoms with E-state index in [2.05, 4.69) is 31.3 Å². The molecule has 0 aromatic heterocycles. The second kappa shape index (κ2) is 5.24. The zero-order chi connectivity index (χ0) is 15.0. The topological polar surface area (TPSA) is 32.3 Å². The van der Waals surface area contributed by atoms with Crippen LogP contribution in [0, 0.1) is 0 Å². The van der Waals surface area contributed by atoms with E-state index in [1.54, 1.807) is 0 Å². The molecule has 3 nitrogen and oxygen atoms in total. The molecular formula is C18H20N2O. The van der Waals surface area contributed by atoms with Gasteiger partial charge in [-0.1, -0.05) is 32.0 Å². The molecule has 1 aliphatic rings. The highest BCUT2D eigenvalue weighted by Gasteiger charge is 2.28. The minimum absolute atomic E-state index is 0.0828. The molecule has 1 heterocycles. The lowest BCUT2D eigenvalue weighted by Crippen LogP contribution is -2.22. The third-order valence-electron chi connectivity index (χ3n) is 4.07. The van der Waals surface area contributed by atoms with Gasteiger partial charge in [-0.2, -0.15) is 0 Å². The fourth-order valence-electron chi connectivity index (χ4n) is 2.70. The van der Waals surface area contributed by atoms with Gasteiger partial charge in [-0.25, -0.2) is 0 Å². The molecule has 2 aromatic carbocycles. The molecular weight excluding hydrogens is 260 g/mol. The summed E-state index contributed by atoms with van der Waals surface area (Å²) >= 11 is 0. The van der Waals surface area contributed by atoms with Crippen LogP contribution in [0.5, 0.6) is 0 Å². The summed E-state index contributed by atoms with van der Waals surface area (Å²) in [6.07, 6.45) is 0. The predicted octanol–water partition coefficient (Wildman–Crippen LogP) is 4.01. The summed E-state index contributed by atoms with van der Waals surface area (Å²) in [6.45, 7) is 5.00. The molecule has 0 unspecified atom stereocenters. The quantitative estimate of drug-likeness (QED) is 0.921. The lowest BCUT2D eigenvalue weighted by Gasteiger charge is -2.16. The normalized spacial score (nSPS) is 13.7. The van der Waals surface area contributed by atoms with Crippen LogP contribution in [0.2, 0.25) is 0 Å². The van der Waals surface area contributed by atoms with Crippen LogP contribution in [0.3, 0.4) is 0 Å². The van der Waals surface area contributed by atoms with Gasteiger partial charge in [0.05, 0.1) is 6.54 Å². The summed E-state index contributed by atoms with van der Waals surface area (Å²) in [4.78, 5) is 14.4. The fraction of sp³-hybridized carbons (Fsp3) is 0.278. The Morgan fingerprint density at radius 3 is 2.43 bits per heavy atom. The number of carbonyl (C=O) groups is 1. The maximum absolute atomic E-state index is 12.6. The number of fused-ring (bicyclic) bond motifs is 1. The van der Waals surface area contributed by atoms with Crippen molar-refractivity contribution in [2.75, 3.05) is 17.3 Å². The summed E-state index contributed by atoms with van der Waals surface area (Å²) in [5.74, 6) is 0.586. The molecule has 108 valence electrons. The van der Waals surface area contributed by atoms with Crippen LogP contribution in [-0.2, 0) is 6.54 Å². The fourth-order valence-corrected chi connectivity index (χ4v) is 2.70. The lowest BCUT2D eigenvalue weighted by molar-refractivity contribution is 0.0996. The number of hydrogen-bond acceptors (Lipinski definition) is 2. The molecule has 1 N–H and O–H groups in total. The number of nitrogens with zero attached hydrogens (tertiary/aromatic N) is 1. The Bertz CT molecular complexity index is 674. The third-order valence-corrected chi connectivity index (χ3v) is 4.07. The zero-order valence-electron chi connectivity index (χ0n) is 12.7. The van der Waals surface area contributed by atoms with Crippen molar-refractivity contribution < 1.29 is 4.79 Å². The molecule has 0 atom stereocenters. The van der Waals surface area contributed by atoms with Crippen molar-refractivity contribution >= 4 is 17.3 Å². The van der Waals surface area contributed by atoms with E-state index in [4.69, 9.17) is 0 Å². The van der Waals surface area contributed by atoms with E-state index in [1.165, 1.54) is 5.56 Å². The largest absolute Gasteiger partial charge is 0.388 e. The first kappa shape index (κ1) is 13.7. The second-order valence-corrected chi connectivity index (χ2v) is 5.76. The van der Waals surface area contributed by atoms with Gasteiger partial charge >= 0.3 is 0 Å². The van der Waals surface area contributed by atoms with E-state index in [1.807, 2.05) is 42.3 Å². The molecule has 2 aromatic rings. The number of hydrogen-bond donors (Lipinski definition) is 1. The van der Waals surface area contributed by atoms with Gasteiger partial charge in [-0.15, -0.1) is 0 Å². The highest BCUT2D eigenvalue weighted by atomic mass is 16.2. The molecule has 0 bridgehead atoms. The SMILES string of the molecule is CNc1ccc2c(c1)C(=O)N(c1ccc(C(C)C)cc1)C2. The van der Waals surface area contributed by atoms with Gasteiger partial charge in [0.15, 0.2) is 0 Å². The molecule has 0 saturated heterocycles. The summed E-state index contributed by atoms with van der Waals surface area (Å²) in [7, 11) is 1.86. The summed E-state index contributed by atoms with van der Waals surface area (Å²) in [6, 6.07) is 14.3. The van der Waals surface area contributed by atoms with E-state index in [0.717, 1.165) is 22.5 Å². The Hall–Kier alpha value is -2.29. The van der Waals surface area contributed by atoms with Crippen LogP contribution < -0.4 is 10.2 Å². The Morgan fingerprint density at radius 2 is 1.81 bits per heavy atom. The van der Waals surface area contributed by atoms with Crippen molar-refractivity contribution in [2.24, 2.45) is 0 Å². The average Bonchev–Trinajstić information content (AvgIpc) is 2.84. The smallest absolute Gasteiger partial charge is 0.259 e. The molecule has 0 radical (unpaired) electrons. The first-order valence-corrected chi connectivity index (χ1v) is 7.32. The Kier molecular flexibility index (Phi) is 3.42. The van der Waals surface area contributed by atoms with Crippen molar-refractivity contribution in [3.8, 4) is 0 Å². The molecule has 3 heteroatoms. The van der Waals surface area contributed by atoms with Crippen molar-refractivity contribution in [3.05, 3.63) is 59.2 Å². The maximum atomic E-state index is 12.6. The van der Waals surface area contributed by atoms with Crippen molar-refractivity contribution in [2.45, 2.75) is 26.3 Å². The molecule has 21 heavy (non-hydrogen) atoms. The van der Waals surface area contributed by atoms with E-state index >= 15 is 0 Å². The van der Waals surface area contributed by atoms with Crippen molar-refractivity contribution in [1.82, 2.24) is 0 Å². The van der Waals surface area contributed by atoms with Gasteiger partial charge in [-0.05, 0) is 41.3 Å². The van der Waals surface area contributed by atoms with Gasteiger partial charge in [0.25, 0.3) is 5.91 Å². The minimum atomic E-state index is 0.0828. The standard InChI is InChI=1S/C18H20N2O/c1-12(2)13-5-8-16(9-6-13)20-11-14-4-7-15(19-3)10-17(14)18(20)21/h4-10,12,19H,11H2,1-3H3. The summed E-state index contributed by atoms with van der Waals surface area (Å²) < 4.78 is 0. The van der Waals surface area contributed by atoms with E-state index in [9.17, 15) is 4.79 Å². The Balaban J connectivity index is 1.90. The number of benzene rings is 2. The van der Waals surface area contributed by atoms with Crippen LogP contribution >= 0.6 is 0 Å². The maximum Gasteiger partial charge on any atom is 0.259 e. The monoisotopic (exact) mass is 280 g/mol. The number of amides is 1. The lowest BCUT2D eigenvalue weighted by atomic mass is 10.0. The van der Waals surface area contributed by atoms with Gasteiger partial charge in [0, 0.05) is 24.0 Å². The van der Waals surface area contributed by atoms with E-state index < -0.39 is 0 Å². The van der Waals surface area contributed by atoms with Gasteiger partial charge in [-0.3, -0.25) is 4.79 Å². The molecule has 3 rings (SSSR count). The average molecular weight is 280 g/mol.